The van der Waals surface area contributed by atoms with Crippen LogP contribution in [0.5, 0.6) is 5.75 Å². The van der Waals surface area contributed by atoms with Crippen molar-refractivity contribution in [1.82, 2.24) is 24.8 Å². The molecule has 12 heteroatoms. The summed E-state index contributed by atoms with van der Waals surface area (Å²) in [5.74, 6) is -1.60. The number of thioether (sulfide) groups is 1. The van der Waals surface area contributed by atoms with Crippen molar-refractivity contribution in [3.63, 3.8) is 0 Å². The monoisotopic (exact) mass is 676 g/mol. The third kappa shape index (κ3) is 5.04. The number of likely N-dealkylation sites (tertiary alicyclic amines) is 1. The van der Waals surface area contributed by atoms with Crippen molar-refractivity contribution in [2.45, 2.75) is 35.7 Å². The summed E-state index contributed by atoms with van der Waals surface area (Å²) in [7, 11) is 0. The van der Waals surface area contributed by atoms with Crippen LogP contribution in [0.1, 0.15) is 18.5 Å². The zero-order chi connectivity index (χ0) is 33.7. The van der Waals surface area contributed by atoms with E-state index >= 15 is 4.79 Å². The average Bonchev–Trinajstić information content (AvgIpc) is 3.68. The second-order valence-electron chi connectivity index (χ2n) is 12.7. The number of hydrogen-bond acceptors (Lipinski definition) is 8. The van der Waals surface area contributed by atoms with Crippen LogP contribution in [0, 0.1) is 11.8 Å². The Morgan fingerprint density at radius 1 is 0.939 bits per heavy atom. The van der Waals surface area contributed by atoms with Crippen LogP contribution in [0.2, 0.25) is 0 Å². The molecule has 49 heavy (non-hydrogen) atoms. The number of amides is 3. The van der Waals surface area contributed by atoms with Gasteiger partial charge in [0, 0.05) is 24.0 Å². The predicted molar refractivity (Wildman–Crippen MR) is 185 cm³/mol. The summed E-state index contributed by atoms with van der Waals surface area (Å²) in [6, 6.07) is 22.5. The standard InChI is InChI=1S/C37H36N6O5S/c1-2-48-26-17-15-25(16-18-26)41-21-8-14-30-31(34(41)45)32-35(46)43(29(22-44)24-10-4-3-5-11-24)33-36(47)40(20-9-19-37(32,33)49-30)23-42-28-13-7-6-12-27(28)38-39-42/h3-19,29-33,44H,2,20-23H2,1H3/t29-,30-,31+,32+,33?,37+/m1/s1. The fraction of sp³-hybridized carbons (Fsp3) is 0.324. The van der Waals surface area contributed by atoms with Crippen molar-refractivity contribution in [3.8, 4) is 5.75 Å². The van der Waals surface area contributed by atoms with Gasteiger partial charge in [-0.1, -0.05) is 72.0 Å². The SMILES string of the molecule is CCOc1ccc(N2CC=C[C@H]3S[C@]45C=CCN(Cn6nnc7ccccc76)C(=O)C4N([C@H](CO)c4ccccc4)C(=O)[C@@H]5[C@H]3C2=O)cc1. The highest BCUT2D eigenvalue weighted by atomic mass is 32.2. The van der Waals surface area contributed by atoms with E-state index in [4.69, 9.17) is 4.74 Å². The van der Waals surface area contributed by atoms with E-state index < -0.39 is 28.7 Å². The molecule has 4 aliphatic rings. The highest BCUT2D eigenvalue weighted by molar-refractivity contribution is 8.02. The van der Waals surface area contributed by atoms with Gasteiger partial charge in [-0.15, -0.1) is 16.9 Å². The lowest BCUT2D eigenvalue weighted by atomic mass is 9.78. The van der Waals surface area contributed by atoms with Crippen molar-refractivity contribution >= 4 is 46.2 Å². The number of anilines is 1. The summed E-state index contributed by atoms with van der Waals surface area (Å²) in [5, 5.41) is 19.1. The molecule has 1 N–H and O–H groups in total. The minimum atomic E-state index is -1.05. The third-order valence-electron chi connectivity index (χ3n) is 10.1. The van der Waals surface area contributed by atoms with Crippen LogP contribution in [0.15, 0.2) is 103 Å². The van der Waals surface area contributed by atoms with Gasteiger partial charge in [-0.3, -0.25) is 14.4 Å². The third-order valence-corrected chi connectivity index (χ3v) is 11.8. The van der Waals surface area contributed by atoms with Gasteiger partial charge < -0.3 is 24.5 Å². The Labute approximate surface area is 287 Å². The molecule has 4 aliphatic heterocycles. The van der Waals surface area contributed by atoms with E-state index in [1.165, 1.54) is 11.8 Å². The van der Waals surface area contributed by atoms with E-state index in [0.29, 0.717) is 35.7 Å². The Morgan fingerprint density at radius 3 is 2.49 bits per heavy atom. The van der Waals surface area contributed by atoms with Gasteiger partial charge >= 0.3 is 0 Å². The van der Waals surface area contributed by atoms with E-state index in [0.717, 1.165) is 5.52 Å². The molecule has 0 saturated carbocycles. The summed E-state index contributed by atoms with van der Waals surface area (Å²) < 4.78 is 6.26. The van der Waals surface area contributed by atoms with Crippen LogP contribution in [0.4, 0.5) is 5.69 Å². The summed E-state index contributed by atoms with van der Waals surface area (Å²) in [4.78, 5) is 49.6. The maximum Gasteiger partial charge on any atom is 0.248 e. The van der Waals surface area contributed by atoms with E-state index in [1.807, 2.05) is 110 Å². The van der Waals surface area contributed by atoms with E-state index in [1.54, 1.807) is 19.4 Å². The highest BCUT2D eigenvalue weighted by Crippen LogP contribution is 2.62. The lowest BCUT2D eigenvalue weighted by molar-refractivity contribution is -0.146. The van der Waals surface area contributed by atoms with Crippen molar-refractivity contribution in [1.29, 1.82) is 0 Å². The molecule has 1 spiro atoms. The molecule has 8 rings (SSSR count). The second-order valence-corrected chi connectivity index (χ2v) is 14.2. The van der Waals surface area contributed by atoms with Crippen LogP contribution in [-0.4, -0.2) is 90.0 Å². The number of para-hydroxylation sites is 1. The Kier molecular flexibility index (Phi) is 7.99. The Morgan fingerprint density at radius 2 is 1.71 bits per heavy atom. The van der Waals surface area contributed by atoms with Crippen molar-refractivity contribution in [3.05, 3.63) is 109 Å². The molecule has 4 aromatic rings. The maximum atomic E-state index is 15.0. The molecule has 3 aromatic carbocycles. The first-order valence-corrected chi connectivity index (χ1v) is 17.4. The number of aromatic nitrogens is 3. The van der Waals surface area contributed by atoms with Gasteiger partial charge in [0.05, 0.1) is 41.4 Å². The molecule has 0 bridgehead atoms. The number of benzene rings is 3. The van der Waals surface area contributed by atoms with E-state index in [2.05, 4.69) is 10.3 Å². The van der Waals surface area contributed by atoms with Crippen molar-refractivity contribution in [2.75, 3.05) is 31.2 Å². The van der Waals surface area contributed by atoms with Gasteiger partial charge in [-0.05, 0) is 48.9 Å². The predicted octanol–water partition coefficient (Wildman–Crippen LogP) is 3.82. The first kappa shape index (κ1) is 31.3. The number of fused-ring (bicyclic) bond motifs is 3. The molecule has 1 unspecified atom stereocenters. The van der Waals surface area contributed by atoms with E-state index in [9.17, 15) is 14.7 Å². The fourth-order valence-electron chi connectivity index (χ4n) is 7.92. The molecule has 2 saturated heterocycles. The number of hydrogen-bond donors (Lipinski definition) is 1. The molecule has 0 aliphatic carbocycles. The normalized spacial score (nSPS) is 26.8. The van der Waals surface area contributed by atoms with Crippen molar-refractivity contribution in [2.24, 2.45) is 11.8 Å². The number of rotatable bonds is 8. The summed E-state index contributed by atoms with van der Waals surface area (Å²) in [6.07, 6.45) is 7.92. The Balaban J connectivity index is 1.21. The number of carbonyl (C=O) groups excluding carboxylic acids is 3. The smallest absolute Gasteiger partial charge is 0.248 e. The highest BCUT2D eigenvalue weighted by Gasteiger charge is 2.72. The molecule has 0 radical (unpaired) electrons. The molecule has 11 nitrogen and oxygen atoms in total. The van der Waals surface area contributed by atoms with Crippen LogP contribution < -0.4 is 9.64 Å². The summed E-state index contributed by atoms with van der Waals surface area (Å²) >= 11 is 1.51. The van der Waals surface area contributed by atoms with E-state index in [-0.39, 0.29) is 42.8 Å². The number of ether oxygens (including phenoxy) is 1. The minimum absolute atomic E-state index is 0.125. The largest absolute Gasteiger partial charge is 0.494 e. The first-order valence-electron chi connectivity index (χ1n) is 16.6. The van der Waals surface area contributed by atoms with Crippen LogP contribution in [0.3, 0.4) is 0 Å². The van der Waals surface area contributed by atoms with Crippen LogP contribution >= 0.6 is 11.8 Å². The molecule has 1 aromatic heterocycles. The number of aliphatic hydroxyl groups excluding tert-OH is 1. The molecule has 5 heterocycles. The van der Waals surface area contributed by atoms with Gasteiger partial charge in [-0.25, -0.2) is 4.68 Å². The molecular weight excluding hydrogens is 641 g/mol. The Bertz CT molecular complexity index is 1960. The summed E-state index contributed by atoms with van der Waals surface area (Å²) in [5.41, 5.74) is 2.93. The topological polar surface area (TPSA) is 121 Å². The Hall–Kier alpha value is -4.94. The average molecular weight is 677 g/mol. The van der Waals surface area contributed by atoms with Crippen LogP contribution in [0.25, 0.3) is 11.0 Å². The summed E-state index contributed by atoms with van der Waals surface area (Å²) in [6.45, 7) is 2.84. The molecular formula is C37H36N6O5S. The minimum Gasteiger partial charge on any atom is -0.494 e. The zero-order valence-electron chi connectivity index (χ0n) is 26.9. The van der Waals surface area contributed by atoms with Gasteiger partial charge in [-0.2, -0.15) is 0 Å². The number of carbonyl (C=O) groups is 3. The lowest BCUT2D eigenvalue weighted by Crippen LogP contribution is -2.54. The van der Waals surface area contributed by atoms with Gasteiger partial charge in [0.1, 0.15) is 24.0 Å². The number of aliphatic hydroxyl groups is 1. The van der Waals surface area contributed by atoms with Gasteiger partial charge in [0.15, 0.2) is 0 Å². The molecule has 2 fully saturated rings. The molecule has 3 amide bonds. The zero-order valence-corrected chi connectivity index (χ0v) is 27.7. The lowest BCUT2D eigenvalue weighted by Gasteiger charge is -2.38. The number of nitrogens with zero attached hydrogens (tertiary/aromatic N) is 6. The molecule has 6 atom stereocenters. The van der Waals surface area contributed by atoms with Crippen molar-refractivity contribution < 1.29 is 24.2 Å². The molecule has 250 valence electrons. The van der Waals surface area contributed by atoms with Gasteiger partial charge in [0.25, 0.3) is 0 Å². The second kappa shape index (κ2) is 12.5. The first-order chi connectivity index (χ1) is 23.9. The maximum absolute atomic E-state index is 15.0. The quantitative estimate of drug-likeness (QED) is 0.280. The van der Waals surface area contributed by atoms with Gasteiger partial charge in [0.2, 0.25) is 17.7 Å². The fourth-order valence-corrected chi connectivity index (χ4v) is 9.91. The van der Waals surface area contributed by atoms with Crippen LogP contribution in [-0.2, 0) is 21.1 Å².